The van der Waals surface area contributed by atoms with Gasteiger partial charge in [0.05, 0.1) is 11.4 Å². The molecule has 0 radical (unpaired) electrons. The van der Waals surface area contributed by atoms with E-state index in [1.54, 1.807) is 18.2 Å². The highest BCUT2D eigenvalue weighted by Gasteiger charge is 2.27. The number of hydrogen-bond donors (Lipinski definition) is 2. The van der Waals surface area contributed by atoms with Gasteiger partial charge in [0.15, 0.2) is 0 Å². The molecule has 2 N–H and O–H groups in total. The lowest BCUT2D eigenvalue weighted by Gasteiger charge is -2.07. The van der Waals surface area contributed by atoms with Gasteiger partial charge < -0.3 is 9.73 Å². The van der Waals surface area contributed by atoms with Gasteiger partial charge in [-0.05, 0) is 73.5 Å². The molecule has 2 aromatic carbocycles. The third kappa shape index (κ3) is 4.87. The summed E-state index contributed by atoms with van der Waals surface area (Å²) in [5.74, 6) is 0.980. The van der Waals surface area contributed by atoms with Crippen molar-refractivity contribution in [3.05, 3.63) is 77.0 Å². The summed E-state index contributed by atoms with van der Waals surface area (Å²) in [4.78, 5) is 12.5. The largest absolute Gasteiger partial charge is 0.459 e. The second-order valence-electron chi connectivity index (χ2n) is 6.88. The molecule has 0 saturated heterocycles. The normalized spacial score (nSPS) is 14.0. The Balaban J connectivity index is 1.36. The third-order valence-corrected chi connectivity index (χ3v) is 6.33. The third-order valence-electron chi connectivity index (χ3n) is 4.54. The minimum absolute atomic E-state index is 0.0361. The Morgan fingerprint density at radius 2 is 1.69 bits per heavy atom. The molecule has 0 unspecified atom stereocenters. The number of rotatable bonds is 7. The fourth-order valence-corrected chi connectivity index (χ4v) is 4.22. The predicted molar refractivity (Wildman–Crippen MR) is 110 cm³/mol. The summed E-state index contributed by atoms with van der Waals surface area (Å²) in [6.45, 7) is 0.218. The summed E-state index contributed by atoms with van der Waals surface area (Å²) in [6.07, 6.45) is 1.73. The van der Waals surface area contributed by atoms with Crippen molar-refractivity contribution in [3.8, 4) is 11.3 Å². The SMILES string of the molecule is O=C(NCc1ccc(-c2ccc(Cl)cc2)o1)c1ccc(S(=O)(=O)NC2CC2)cc1. The van der Waals surface area contributed by atoms with E-state index in [2.05, 4.69) is 10.0 Å². The van der Waals surface area contributed by atoms with Gasteiger partial charge in [0.25, 0.3) is 5.91 Å². The Kier molecular flexibility index (Phi) is 5.45. The fourth-order valence-electron chi connectivity index (χ4n) is 2.79. The topological polar surface area (TPSA) is 88.4 Å². The molecule has 1 heterocycles. The molecule has 1 aliphatic rings. The molecular formula is C21H19ClN2O4S. The van der Waals surface area contributed by atoms with Crippen LogP contribution in [0.2, 0.25) is 5.02 Å². The van der Waals surface area contributed by atoms with Gasteiger partial charge in [0.1, 0.15) is 11.5 Å². The smallest absolute Gasteiger partial charge is 0.251 e. The maximum atomic E-state index is 12.3. The zero-order valence-corrected chi connectivity index (χ0v) is 17.0. The predicted octanol–water partition coefficient (Wildman–Crippen LogP) is 3.97. The van der Waals surface area contributed by atoms with Gasteiger partial charge in [-0.1, -0.05) is 11.6 Å². The second kappa shape index (κ2) is 8.02. The van der Waals surface area contributed by atoms with Crippen LogP contribution in [0.5, 0.6) is 0 Å². The van der Waals surface area contributed by atoms with E-state index in [0.717, 1.165) is 18.4 Å². The van der Waals surface area contributed by atoms with Crippen molar-refractivity contribution in [1.29, 1.82) is 0 Å². The van der Waals surface area contributed by atoms with Crippen LogP contribution < -0.4 is 10.0 Å². The molecule has 0 atom stereocenters. The van der Waals surface area contributed by atoms with Crippen LogP contribution in [0.15, 0.2) is 70.0 Å². The quantitative estimate of drug-likeness (QED) is 0.593. The maximum absolute atomic E-state index is 12.3. The fraction of sp³-hybridized carbons (Fsp3) is 0.190. The summed E-state index contributed by atoms with van der Waals surface area (Å²) in [5, 5.41) is 3.42. The number of halogens is 1. The van der Waals surface area contributed by atoms with Crippen molar-refractivity contribution in [2.45, 2.75) is 30.3 Å². The minimum Gasteiger partial charge on any atom is -0.459 e. The lowest BCUT2D eigenvalue weighted by molar-refractivity contribution is 0.0948. The lowest BCUT2D eigenvalue weighted by Crippen LogP contribution is -2.26. The number of sulfonamides is 1. The van der Waals surface area contributed by atoms with Gasteiger partial charge in [-0.15, -0.1) is 0 Å². The Morgan fingerprint density at radius 3 is 2.34 bits per heavy atom. The van der Waals surface area contributed by atoms with Crippen LogP contribution >= 0.6 is 11.6 Å². The summed E-state index contributed by atoms with van der Waals surface area (Å²) < 4.78 is 32.7. The van der Waals surface area contributed by atoms with Crippen molar-refractivity contribution in [2.24, 2.45) is 0 Å². The number of hydrogen-bond acceptors (Lipinski definition) is 4. The molecule has 0 aliphatic heterocycles. The first kappa shape index (κ1) is 19.7. The van der Waals surface area contributed by atoms with Crippen molar-refractivity contribution >= 4 is 27.5 Å². The molecule has 4 rings (SSSR count). The van der Waals surface area contributed by atoms with Gasteiger partial charge >= 0.3 is 0 Å². The zero-order valence-electron chi connectivity index (χ0n) is 15.4. The van der Waals surface area contributed by atoms with Gasteiger partial charge in [-0.25, -0.2) is 13.1 Å². The van der Waals surface area contributed by atoms with E-state index in [1.807, 2.05) is 18.2 Å². The van der Waals surface area contributed by atoms with E-state index in [-0.39, 0.29) is 23.4 Å². The van der Waals surface area contributed by atoms with E-state index in [1.165, 1.54) is 24.3 Å². The number of benzene rings is 2. The minimum atomic E-state index is -3.53. The molecule has 1 saturated carbocycles. The highest BCUT2D eigenvalue weighted by atomic mass is 35.5. The molecule has 1 amide bonds. The molecule has 29 heavy (non-hydrogen) atoms. The van der Waals surface area contributed by atoms with Crippen LogP contribution in [0.25, 0.3) is 11.3 Å². The molecule has 8 heteroatoms. The van der Waals surface area contributed by atoms with Crippen molar-refractivity contribution in [2.75, 3.05) is 0 Å². The van der Waals surface area contributed by atoms with Crippen LogP contribution in [0, 0.1) is 0 Å². The summed E-state index contributed by atoms with van der Waals surface area (Å²) in [7, 11) is -3.53. The van der Waals surface area contributed by atoms with E-state index >= 15 is 0 Å². The molecule has 3 aromatic rings. The van der Waals surface area contributed by atoms with Crippen molar-refractivity contribution in [1.82, 2.24) is 10.0 Å². The molecule has 0 spiro atoms. The first-order valence-corrected chi connectivity index (χ1v) is 11.0. The van der Waals surface area contributed by atoms with E-state index in [0.29, 0.717) is 22.1 Å². The molecule has 150 valence electrons. The van der Waals surface area contributed by atoms with E-state index in [4.69, 9.17) is 16.0 Å². The number of nitrogens with one attached hydrogen (secondary N) is 2. The summed E-state index contributed by atoms with van der Waals surface area (Å²) in [6, 6.07) is 16.8. The first-order valence-electron chi connectivity index (χ1n) is 9.16. The molecule has 0 bridgehead atoms. The molecular weight excluding hydrogens is 412 g/mol. The van der Waals surface area contributed by atoms with E-state index < -0.39 is 10.0 Å². The Labute approximate surface area is 173 Å². The van der Waals surface area contributed by atoms with Crippen LogP contribution in [-0.2, 0) is 16.6 Å². The molecule has 1 aliphatic carbocycles. The highest BCUT2D eigenvalue weighted by Crippen LogP contribution is 2.24. The van der Waals surface area contributed by atoms with Crippen LogP contribution in [0.3, 0.4) is 0 Å². The van der Waals surface area contributed by atoms with Gasteiger partial charge in [0, 0.05) is 22.2 Å². The van der Waals surface area contributed by atoms with Crippen LogP contribution in [-0.4, -0.2) is 20.4 Å². The van der Waals surface area contributed by atoms with Gasteiger partial charge in [-0.2, -0.15) is 0 Å². The Hall–Kier alpha value is -2.61. The lowest BCUT2D eigenvalue weighted by atomic mass is 10.2. The van der Waals surface area contributed by atoms with Crippen molar-refractivity contribution < 1.29 is 17.6 Å². The summed E-state index contributed by atoms with van der Waals surface area (Å²) >= 11 is 5.89. The molecule has 6 nitrogen and oxygen atoms in total. The standard InChI is InChI=1S/C21H19ClN2O4S/c22-16-5-1-14(2-6-16)20-12-9-18(28-20)13-23-21(25)15-3-10-19(11-4-15)29(26,27)24-17-7-8-17/h1-6,9-12,17,24H,7-8,13H2,(H,23,25). The monoisotopic (exact) mass is 430 g/mol. The number of carbonyl (C=O) groups excluding carboxylic acids is 1. The first-order chi connectivity index (χ1) is 13.9. The summed E-state index contributed by atoms with van der Waals surface area (Å²) in [5.41, 5.74) is 1.27. The number of amides is 1. The number of furan rings is 1. The maximum Gasteiger partial charge on any atom is 0.251 e. The highest BCUT2D eigenvalue weighted by molar-refractivity contribution is 7.89. The van der Waals surface area contributed by atoms with Crippen molar-refractivity contribution in [3.63, 3.8) is 0 Å². The van der Waals surface area contributed by atoms with Gasteiger partial charge in [0.2, 0.25) is 10.0 Å². The van der Waals surface area contributed by atoms with Gasteiger partial charge in [-0.3, -0.25) is 4.79 Å². The van der Waals surface area contributed by atoms with Crippen LogP contribution in [0.1, 0.15) is 29.0 Å². The Morgan fingerprint density at radius 1 is 1.00 bits per heavy atom. The molecule has 1 aromatic heterocycles. The number of carbonyl (C=O) groups is 1. The zero-order chi connectivity index (χ0) is 20.4. The Bertz CT molecular complexity index is 1120. The second-order valence-corrected chi connectivity index (χ2v) is 9.03. The van der Waals surface area contributed by atoms with E-state index in [9.17, 15) is 13.2 Å². The average molecular weight is 431 g/mol. The van der Waals surface area contributed by atoms with Crippen LogP contribution in [0.4, 0.5) is 0 Å². The molecule has 1 fully saturated rings. The average Bonchev–Trinajstić information content (AvgIpc) is 3.39.